The van der Waals surface area contributed by atoms with Gasteiger partial charge >= 0.3 is 12.1 Å². The average molecular weight is 523 g/mol. The highest BCUT2D eigenvalue weighted by Crippen LogP contribution is 2.33. The van der Waals surface area contributed by atoms with Gasteiger partial charge < -0.3 is 14.5 Å². The maximum atomic E-state index is 13.4. The number of rotatable bonds is 7. The highest BCUT2D eigenvalue weighted by atomic mass is 32.2. The molecule has 2 aliphatic heterocycles. The highest BCUT2D eigenvalue weighted by Gasteiger charge is 2.34. The molecule has 2 fully saturated rings. The lowest BCUT2D eigenvalue weighted by Crippen LogP contribution is -2.42. The van der Waals surface area contributed by atoms with Crippen LogP contribution in [-0.2, 0) is 21.5 Å². The maximum Gasteiger partial charge on any atom is 0.433 e. The minimum atomic E-state index is -4.55. The molecule has 36 heavy (non-hydrogen) atoms. The summed E-state index contributed by atoms with van der Waals surface area (Å²) in [6, 6.07) is 7.98. The third-order valence-electron chi connectivity index (χ3n) is 6.31. The zero-order valence-corrected chi connectivity index (χ0v) is 20.9. The number of benzene rings is 1. The van der Waals surface area contributed by atoms with Crippen molar-refractivity contribution in [3.8, 4) is 0 Å². The van der Waals surface area contributed by atoms with E-state index in [1.807, 2.05) is 4.90 Å². The number of esters is 1. The SMILES string of the molecule is CCOC(=O)[C@H]1CCCN(C(=O)c2ccc(CSc3nc(N4CCCC4)cc(C(F)(F)F)n3)cc2)C1. The van der Waals surface area contributed by atoms with Crippen LogP contribution in [0.5, 0.6) is 0 Å². The van der Waals surface area contributed by atoms with E-state index in [-0.39, 0.29) is 23.0 Å². The minimum absolute atomic E-state index is 0.0743. The van der Waals surface area contributed by atoms with E-state index >= 15 is 0 Å². The fraction of sp³-hybridized carbons (Fsp3) is 0.520. The molecule has 0 unspecified atom stereocenters. The van der Waals surface area contributed by atoms with Gasteiger partial charge in [-0.05, 0) is 50.3 Å². The third kappa shape index (κ3) is 6.48. The summed E-state index contributed by atoms with van der Waals surface area (Å²) < 4.78 is 45.3. The van der Waals surface area contributed by atoms with Gasteiger partial charge in [0.2, 0.25) is 0 Å². The Labute approximate surface area is 212 Å². The van der Waals surface area contributed by atoms with Crippen LogP contribution in [0, 0.1) is 5.92 Å². The van der Waals surface area contributed by atoms with E-state index < -0.39 is 11.9 Å². The molecule has 1 aromatic carbocycles. The minimum Gasteiger partial charge on any atom is -0.466 e. The molecular formula is C25H29F3N4O3S. The van der Waals surface area contributed by atoms with Crippen molar-refractivity contribution in [2.45, 2.75) is 49.7 Å². The quantitative estimate of drug-likeness (QED) is 0.294. The standard InChI is InChI=1S/C25H29F3N4O3S/c1-2-35-23(34)19-6-5-13-32(15-19)22(33)18-9-7-17(8-10-18)16-36-24-29-20(25(26,27)28)14-21(30-24)31-11-3-4-12-31/h7-10,14,19H,2-6,11-13,15-16H2,1H3/t19-/m0/s1. The van der Waals surface area contributed by atoms with E-state index in [1.165, 1.54) is 0 Å². The summed E-state index contributed by atoms with van der Waals surface area (Å²) in [6.45, 7) is 4.36. The number of aromatic nitrogens is 2. The third-order valence-corrected chi connectivity index (χ3v) is 7.23. The number of anilines is 1. The molecule has 2 aromatic rings. The molecule has 0 N–H and O–H groups in total. The predicted molar refractivity (Wildman–Crippen MR) is 130 cm³/mol. The van der Waals surface area contributed by atoms with Gasteiger partial charge in [-0.15, -0.1) is 0 Å². The lowest BCUT2D eigenvalue weighted by atomic mass is 9.97. The Balaban J connectivity index is 1.40. The van der Waals surface area contributed by atoms with Crippen molar-refractivity contribution in [1.29, 1.82) is 0 Å². The number of nitrogens with zero attached hydrogens (tertiary/aromatic N) is 4. The molecule has 2 saturated heterocycles. The molecule has 0 saturated carbocycles. The van der Waals surface area contributed by atoms with Gasteiger partial charge in [-0.1, -0.05) is 23.9 Å². The summed E-state index contributed by atoms with van der Waals surface area (Å²) in [7, 11) is 0. The van der Waals surface area contributed by atoms with E-state index in [1.54, 1.807) is 36.1 Å². The normalized spacial score (nSPS) is 18.4. The molecule has 1 amide bonds. The Bertz CT molecular complexity index is 1080. The molecule has 11 heteroatoms. The number of thioether (sulfide) groups is 1. The van der Waals surface area contributed by atoms with Crippen LogP contribution in [0.3, 0.4) is 0 Å². The van der Waals surface area contributed by atoms with Gasteiger partial charge in [0, 0.05) is 43.6 Å². The van der Waals surface area contributed by atoms with Crippen LogP contribution in [0.1, 0.15) is 54.2 Å². The van der Waals surface area contributed by atoms with E-state index in [0.717, 1.165) is 42.7 Å². The number of carbonyl (C=O) groups excluding carboxylic acids is 2. The maximum absolute atomic E-state index is 13.4. The van der Waals surface area contributed by atoms with Gasteiger partial charge in [0.05, 0.1) is 12.5 Å². The first-order valence-corrected chi connectivity index (χ1v) is 13.1. The molecule has 194 valence electrons. The first kappa shape index (κ1) is 26.2. The molecule has 0 radical (unpaired) electrons. The van der Waals surface area contributed by atoms with Crippen molar-refractivity contribution in [3.05, 3.63) is 47.2 Å². The first-order chi connectivity index (χ1) is 17.2. The Morgan fingerprint density at radius 2 is 1.81 bits per heavy atom. The fourth-order valence-electron chi connectivity index (χ4n) is 4.42. The van der Waals surface area contributed by atoms with Gasteiger partial charge in [0.25, 0.3) is 5.91 Å². The van der Waals surface area contributed by atoms with E-state index in [0.29, 0.717) is 56.3 Å². The van der Waals surface area contributed by atoms with E-state index in [9.17, 15) is 22.8 Å². The number of alkyl halides is 3. The molecule has 0 spiro atoms. The molecule has 0 bridgehead atoms. The summed E-state index contributed by atoms with van der Waals surface area (Å²) in [5.41, 5.74) is 0.397. The number of amides is 1. The van der Waals surface area contributed by atoms with Crippen LogP contribution in [0.15, 0.2) is 35.5 Å². The Morgan fingerprint density at radius 3 is 2.47 bits per heavy atom. The van der Waals surface area contributed by atoms with Gasteiger partial charge in [-0.25, -0.2) is 9.97 Å². The molecule has 0 aliphatic carbocycles. The van der Waals surface area contributed by atoms with Gasteiger partial charge in [-0.2, -0.15) is 13.2 Å². The number of hydrogen-bond acceptors (Lipinski definition) is 7. The van der Waals surface area contributed by atoms with Crippen LogP contribution in [0.2, 0.25) is 0 Å². The summed E-state index contributed by atoms with van der Waals surface area (Å²) in [4.78, 5) is 36.6. The Kier molecular flexibility index (Phi) is 8.38. The Hall–Kier alpha value is -2.82. The number of hydrogen-bond donors (Lipinski definition) is 0. The van der Waals surface area contributed by atoms with Crippen LogP contribution >= 0.6 is 11.8 Å². The smallest absolute Gasteiger partial charge is 0.433 e. The van der Waals surface area contributed by atoms with E-state index in [2.05, 4.69) is 9.97 Å². The van der Waals surface area contributed by atoms with Crippen LogP contribution in [0.4, 0.5) is 19.0 Å². The average Bonchev–Trinajstić information content (AvgIpc) is 3.42. The molecular weight excluding hydrogens is 493 g/mol. The lowest BCUT2D eigenvalue weighted by molar-refractivity contribution is -0.149. The van der Waals surface area contributed by atoms with Crippen molar-refractivity contribution in [3.63, 3.8) is 0 Å². The zero-order valence-electron chi connectivity index (χ0n) is 20.1. The molecule has 1 atom stereocenters. The monoisotopic (exact) mass is 522 g/mol. The largest absolute Gasteiger partial charge is 0.466 e. The lowest BCUT2D eigenvalue weighted by Gasteiger charge is -2.31. The summed E-state index contributed by atoms with van der Waals surface area (Å²) in [5.74, 6) is -0.0620. The van der Waals surface area contributed by atoms with Gasteiger partial charge in [-0.3, -0.25) is 9.59 Å². The van der Waals surface area contributed by atoms with Crippen molar-refractivity contribution < 1.29 is 27.5 Å². The second-order valence-electron chi connectivity index (χ2n) is 8.91. The summed E-state index contributed by atoms with van der Waals surface area (Å²) in [5, 5.41) is 0.0743. The second-order valence-corrected chi connectivity index (χ2v) is 9.86. The molecule has 1 aromatic heterocycles. The number of halogens is 3. The number of piperidine rings is 1. The molecule has 4 rings (SSSR count). The second kappa shape index (κ2) is 11.5. The fourth-order valence-corrected chi connectivity index (χ4v) is 5.23. The molecule has 3 heterocycles. The Morgan fingerprint density at radius 1 is 1.08 bits per heavy atom. The summed E-state index contributed by atoms with van der Waals surface area (Å²) >= 11 is 1.13. The van der Waals surface area contributed by atoms with Crippen LogP contribution < -0.4 is 4.90 Å². The predicted octanol–water partition coefficient (Wildman–Crippen LogP) is 4.80. The zero-order chi connectivity index (χ0) is 25.7. The van der Waals surface area contributed by atoms with Crippen molar-refractivity contribution >= 4 is 29.5 Å². The topological polar surface area (TPSA) is 75.6 Å². The van der Waals surface area contributed by atoms with Crippen molar-refractivity contribution in [1.82, 2.24) is 14.9 Å². The van der Waals surface area contributed by atoms with Crippen LogP contribution in [-0.4, -0.2) is 59.5 Å². The van der Waals surface area contributed by atoms with Crippen molar-refractivity contribution in [2.75, 3.05) is 37.7 Å². The van der Waals surface area contributed by atoms with Gasteiger partial charge in [0.1, 0.15) is 5.82 Å². The molecule has 2 aliphatic rings. The molecule has 7 nitrogen and oxygen atoms in total. The van der Waals surface area contributed by atoms with E-state index in [4.69, 9.17) is 4.74 Å². The van der Waals surface area contributed by atoms with Gasteiger partial charge in [0.15, 0.2) is 10.9 Å². The van der Waals surface area contributed by atoms with Crippen LogP contribution in [0.25, 0.3) is 0 Å². The number of carbonyl (C=O) groups is 2. The highest BCUT2D eigenvalue weighted by molar-refractivity contribution is 7.98. The number of likely N-dealkylation sites (tertiary alicyclic amines) is 1. The van der Waals surface area contributed by atoms with Crippen molar-refractivity contribution in [2.24, 2.45) is 5.92 Å². The number of ether oxygens (including phenoxy) is 1. The summed E-state index contributed by atoms with van der Waals surface area (Å²) in [6.07, 6.45) is -1.24. The first-order valence-electron chi connectivity index (χ1n) is 12.1.